The van der Waals surface area contributed by atoms with Gasteiger partial charge in [0.2, 0.25) is 0 Å². The molecule has 2 atom stereocenters. The molecule has 0 bridgehead atoms. The van der Waals surface area contributed by atoms with Crippen LogP contribution < -0.4 is 5.32 Å². The molecular weight excluding hydrogens is 302 g/mol. The van der Waals surface area contributed by atoms with E-state index in [1.165, 1.54) is 58.0 Å². The Bertz CT molecular complexity index is 438. The maximum atomic E-state index is 12.7. The van der Waals surface area contributed by atoms with Crippen molar-refractivity contribution in [2.45, 2.75) is 81.9 Å². The Kier molecular flexibility index (Phi) is 5.00. The average Bonchev–Trinajstić information content (AvgIpc) is 3.27. The summed E-state index contributed by atoms with van der Waals surface area (Å²) in [6, 6.07) is 1.06. The van der Waals surface area contributed by atoms with Gasteiger partial charge in [0.15, 0.2) is 0 Å². The molecule has 5 heteroatoms. The SMILES string of the molecule is O=C(N[C@@H]1CCOC2(CCCCC2)C1)N1CC[C@@H](N2CCCC2)C1. The Morgan fingerprint density at radius 1 is 1.00 bits per heavy atom. The number of carbonyl (C=O) groups excluding carboxylic acids is 1. The van der Waals surface area contributed by atoms with Gasteiger partial charge in [-0.2, -0.15) is 0 Å². The van der Waals surface area contributed by atoms with Crippen molar-refractivity contribution in [1.29, 1.82) is 0 Å². The minimum atomic E-state index is 0.0670. The van der Waals surface area contributed by atoms with Crippen molar-refractivity contribution >= 4 is 6.03 Å². The second-order valence-corrected chi connectivity index (χ2v) is 8.36. The monoisotopic (exact) mass is 335 g/mol. The van der Waals surface area contributed by atoms with E-state index in [4.69, 9.17) is 4.74 Å². The molecule has 3 heterocycles. The van der Waals surface area contributed by atoms with Crippen LogP contribution in [-0.2, 0) is 4.74 Å². The number of likely N-dealkylation sites (tertiary alicyclic amines) is 2. The molecule has 0 aromatic rings. The number of rotatable bonds is 2. The van der Waals surface area contributed by atoms with Gasteiger partial charge in [0.1, 0.15) is 0 Å². The lowest BCUT2D eigenvalue weighted by atomic mass is 9.78. The Hall–Kier alpha value is -0.810. The van der Waals surface area contributed by atoms with Crippen molar-refractivity contribution in [1.82, 2.24) is 15.1 Å². The summed E-state index contributed by atoms with van der Waals surface area (Å²) < 4.78 is 6.16. The molecule has 0 aromatic carbocycles. The number of hydrogen-bond donors (Lipinski definition) is 1. The van der Waals surface area contributed by atoms with Crippen LogP contribution in [0.5, 0.6) is 0 Å². The summed E-state index contributed by atoms with van der Waals surface area (Å²) in [4.78, 5) is 17.3. The molecule has 2 amide bonds. The second-order valence-electron chi connectivity index (χ2n) is 8.36. The first-order valence-corrected chi connectivity index (χ1v) is 10.2. The molecule has 4 fully saturated rings. The van der Waals surface area contributed by atoms with E-state index in [2.05, 4.69) is 10.2 Å². The lowest BCUT2D eigenvalue weighted by Gasteiger charge is -2.43. The molecule has 1 spiro atoms. The molecule has 136 valence electrons. The Morgan fingerprint density at radius 2 is 1.79 bits per heavy atom. The number of nitrogens with one attached hydrogen (secondary N) is 1. The minimum absolute atomic E-state index is 0.0670. The minimum Gasteiger partial charge on any atom is -0.375 e. The van der Waals surface area contributed by atoms with E-state index in [1.54, 1.807) is 0 Å². The van der Waals surface area contributed by atoms with E-state index in [-0.39, 0.29) is 11.6 Å². The summed E-state index contributed by atoms with van der Waals surface area (Å²) in [6.45, 7) is 5.09. The third-order valence-corrected chi connectivity index (χ3v) is 6.69. The van der Waals surface area contributed by atoms with Crippen LogP contribution >= 0.6 is 0 Å². The van der Waals surface area contributed by atoms with Crippen LogP contribution in [0.25, 0.3) is 0 Å². The standard InChI is InChI=1S/C19H33N3O2/c23-18(22-12-6-17(15-22)21-10-4-5-11-21)20-16-7-13-24-19(14-16)8-2-1-3-9-19/h16-17H,1-15H2,(H,20,23)/t16-,17-/m1/s1. The largest absolute Gasteiger partial charge is 0.375 e. The van der Waals surface area contributed by atoms with Crippen molar-refractivity contribution < 1.29 is 9.53 Å². The molecule has 0 aromatic heterocycles. The first-order chi connectivity index (χ1) is 11.7. The fourth-order valence-electron chi connectivity index (χ4n) is 5.29. The highest BCUT2D eigenvalue weighted by Gasteiger charge is 2.40. The highest BCUT2D eigenvalue weighted by molar-refractivity contribution is 5.75. The van der Waals surface area contributed by atoms with Crippen LogP contribution in [0.4, 0.5) is 4.79 Å². The zero-order chi connectivity index (χ0) is 16.4. The molecule has 3 saturated heterocycles. The van der Waals surface area contributed by atoms with Gasteiger partial charge in [0, 0.05) is 31.8 Å². The van der Waals surface area contributed by atoms with Crippen LogP contribution in [0, 0.1) is 0 Å². The van der Waals surface area contributed by atoms with Gasteiger partial charge in [-0.3, -0.25) is 4.90 Å². The van der Waals surface area contributed by atoms with Gasteiger partial charge in [-0.05, 0) is 58.0 Å². The summed E-state index contributed by atoms with van der Waals surface area (Å²) >= 11 is 0. The Balaban J connectivity index is 1.28. The number of hydrogen-bond acceptors (Lipinski definition) is 3. The molecule has 1 aliphatic carbocycles. The zero-order valence-electron chi connectivity index (χ0n) is 15.0. The van der Waals surface area contributed by atoms with Crippen LogP contribution in [-0.4, -0.2) is 66.3 Å². The molecule has 5 nitrogen and oxygen atoms in total. The Morgan fingerprint density at radius 3 is 2.58 bits per heavy atom. The van der Waals surface area contributed by atoms with Crippen molar-refractivity contribution in [3.05, 3.63) is 0 Å². The zero-order valence-corrected chi connectivity index (χ0v) is 15.0. The maximum absolute atomic E-state index is 12.7. The van der Waals surface area contributed by atoms with Gasteiger partial charge >= 0.3 is 6.03 Å². The molecule has 0 unspecified atom stereocenters. The molecular formula is C19H33N3O2. The van der Waals surface area contributed by atoms with E-state index < -0.39 is 0 Å². The summed E-state index contributed by atoms with van der Waals surface area (Å²) in [6.07, 6.45) is 12.0. The molecule has 24 heavy (non-hydrogen) atoms. The molecule has 3 aliphatic heterocycles. The van der Waals surface area contributed by atoms with Crippen LogP contribution in [0.2, 0.25) is 0 Å². The maximum Gasteiger partial charge on any atom is 0.317 e. The van der Waals surface area contributed by atoms with Crippen molar-refractivity contribution in [2.75, 3.05) is 32.8 Å². The lowest BCUT2D eigenvalue weighted by Crippen LogP contribution is -2.52. The van der Waals surface area contributed by atoms with Gasteiger partial charge in [-0.15, -0.1) is 0 Å². The summed E-state index contributed by atoms with van der Waals surface area (Å²) in [5.41, 5.74) is 0.0670. The number of urea groups is 1. The predicted molar refractivity (Wildman–Crippen MR) is 94.1 cm³/mol. The van der Waals surface area contributed by atoms with Gasteiger partial charge in [-0.25, -0.2) is 4.79 Å². The highest BCUT2D eigenvalue weighted by Crippen LogP contribution is 2.38. The first-order valence-electron chi connectivity index (χ1n) is 10.2. The normalized spacial score (nSPS) is 33.9. The highest BCUT2D eigenvalue weighted by atomic mass is 16.5. The second kappa shape index (κ2) is 7.20. The number of amides is 2. The molecule has 0 radical (unpaired) electrons. The quantitative estimate of drug-likeness (QED) is 0.844. The average molecular weight is 335 g/mol. The van der Waals surface area contributed by atoms with Gasteiger partial charge in [0.05, 0.1) is 5.60 Å². The van der Waals surface area contributed by atoms with Crippen LogP contribution in [0.15, 0.2) is 0 Å². The van der Waals surface area contributed by atoms with Crippen molar-refractivity contribution in [3.8, 4) is 0 Å². The summed E-state index contributed by atoms with van der Waals surface area (Å²) in [7, 11) is 0. The van der Waals surface area contributed by atoms with Crippen LogP contribution in [0.1, 0.15) is 64.2 Å². The molecule has 4 rings (SSSR count). The van der Waals surface area contributed by atoms with Crippen molar-refractivity contribution in [2.24, 2.45) is 0 Å². The number of ether oxygens (including phenoxy) is 1. The van der Waals surface area contributed by atoms with Crippen molar-refractivity contribution in [3.63, 3.8) is 0 Å². The molecule has 4 aliphatic rings. The topological polar surface area (TPSA) is 44.8 Å². The number of carbonyl (C=O) groups is 1. The third kappa shape index (κ3) is 3.57. The predicted octanol–water partition coefficient (Wildman–Crippen LogP) is 2.75. The van der Waals surface area contributed by atoms with Gasteiger partial charge in [-0.1, -0.05) is 19.3 Å². The van der Waals surface area contributed by atoms with E-state index in [0.29, 0.717) is 12.1 Å². The molecule has 1 N–H and O–H groups in total. The fraction of sp³-hybridized carbons (Fsp3) is 0.947. The summed E-state index contributed by atoms with van der Waals surface area (Å²) in [5, 5.41) is 3.33. The van der Waals surface area contributed by atoms with Crippen LogP contribution in [0.3, 0.4) is 0 Å². The van der Waals surface area contributed by atoms with E-state index in [1.807, 2.05) is 4.90 Å². The van der Waals surface area contributed by atoms with Gasteiger partial charge in [0.25, 0.3) is 0 Å². The fourth-order valence-corrected chi connectivity index (χ4v) is 5.29. The van der Waals surface area contributed by atoms with E-state index >= 15 is 0 Å². The lowest BCUT2D eigenvalue weighted by molar-refractivity contribution is -0.108. The van der Waals surface area contributed by atoms with E-state index in [9.17, 15) is 4.79 Å². The molecule has 1 saturated carbocycles. The van der Waals surface area contributed by atoms with E-state index in [0.717, 1.165) is 39.0 Å². The third-order valence-electron chi connectivity index (χ3n) is 6.69. The number of nitrogens with zero attached hydrogens (tertiary/aromatic N) is 2. The first kappa shape index (κ1) is 16.6. The smallest absolute Gasteiger partial charge is 0.317 e. The van der Waals surface area contributed by atoms with Gasteiger partial charge < -0.3 is 15.0 Å². The Labute approximate surface area is 146 Å². The summed E-state index contributed by atoms with van der Waals surface area (Å²) in [5.74, 6) is 0.